The summed E-state index contributed by atoms with van der Waals surface area (Å²) in [5.74, 6) is -0.0869. The Labute approximate surface area is 170 Å². The second kappa shape index (κ2) is 8.04. The van der Waals surface area contributed by atoms with Gasteiger partial charge in [-0.2, -0.15) is 5.26 Å². The first-order chi connectivity index (χ1) is 13.8. The molecule has 2 aromatic heterocycles. The first-order valence-corrected chi connectivity index (χ1v) is 8.80. The number of carbonyl (C=O) groups is 1. The van der Waals surface area contributed by atoms with Crippen molar-refractivity contribution in [2.75, 3.05) is 5.43 Å². The van der Waals surface area contributed by atoms with Gasteiger partial charge in [0.15, 0.2) is 0 Å². The SMILES string of the molecule is Cc1ccc(C)n1NC(=O)/C(C#N)=C\c1ccc(-c2cc([N+](=O)[O-])ccc2Cl)o1. The summed E-state index contributed by atoms with van der Waals surface area (Å²) in [6.07, 6.45) is 1.29. The number of benzene rings is 1. The summed E-state index contributed by atoms with van der Waals surface area (Å²) in [6, 6.07) is 12.6. The van der Waals surface area contributed by atoms with E-state index in [0.717, 1.165) is 11.4 Å². The number of nitrogens with zero attached hydrogens (tertiary/aromatic N) is 3. The number of hydrogen-bond donors (Lipinski definition) is 1. The molecule has 0 aliphatic heterocycles. The number of hydrogen-bond acceptors (Lipinski definition) is 5. The Morgan fingerprint density at radius 2 is 1.93 bits per heavy atom. The number of carbonyl (C=O) groups excluding carboxylic acids is 1. The highest BCUT2D eigenvalue weighted by Gasteiger charge is 2.16. The van der Waals surface area contributed by atoms with Crippen molar-refractivity contribution in [3.63, 3.8) is 0 Å². The molecule has 29 heavy (non-hydrogen) atoms. The smallest absolute Gasteiger partial charge is 0.280 e. The number of nitro groups is 1. The van der Waals surface area contributed by atoms with E-state index in [1.54, 1.807) is 16.8 Å². The van der Waals surface area contributed by atoms with Gasteiger partial charge in [0.05, 0.1) is 9.95 Å². The zero-order valence-corrected chi connectivity index (χ0v) is 16.2. The van der Waals surface area contributed by atoms with E-state index in [-0.39, 0.29) is 27.8 Å². The molecule has 0 bridgehead atoms. The van der Waals surface area contributed by atoms with Crippen LogP contribution in [0, 0.1) is 35.3 Å². The highest BCUT2D eigenvalue weighted by Crippen LogP contribution is 2.33. The molecule has 1 aromatic carbocycles. The third kappa shape index (κ3) is 4.20. The van der Waals surface area contributed by atoms with Gasteiger partial charge in [0.1, 0.15) is 23.2 Å². The molecule has 0 saturated carbocycles. The maximum atomic E-state index is 12.4. The van der Waals surface area contributed by atoms with Crippen molar-refractivity contribution < 1.29 is 14.1 Å². The van der Waals surface area contributed by atoms with E-state index in [2.05, 4.69) is 5.43 Å². The van der Waals surface area contributed by atoms with Crippen molar-refractivity contribution in [2.45, 2.75) is 13.8 Å². The van der Waals surface area contributed by atoms with Crippen LogP contribution >= 0.6 is 11.6 Å². The Hall–Kier alpha value is -3.83. The molecule has 9 heteroatoms. The van der Waals surface area contributed by atoms with Gasteiger partial charge in [-0.3, -0.25) is 25.0 Å². The summed E-state index contributed by atoms with van der Waals surface area (Å²) in [7, 11) is 0. The van der Waals surface area contributed by atoms with Crippen LogP contribution in [0.15, 0.2) is 52.5 Å². The number of nitro benzene ring substituents is 1. The lowest BCUT2D eigenvalue weighted by Crippen LogP contribution is -2.25. The van der Waals surface area contributed by atoms with Crippen molar-refractivity contribution in [2.24, 2.45) is 0 Å². The number of aromatic nitrogens is 1. The standard InChI is InChI=1S/C20H15ClN4O4/c1-12-3-4-13(2)24(12)23-20(26)14(11-22)9-16-6-8-19(29-16)17-10-15(25(27)28)5-7-18(17)21/h3-10H,1-2H3,(H,23,26)/b14-9-. The highest BCUT2D eigenvalue weighted by atomic mass is 35.5. The average Bonchev–Trinajstić information content (AvgIpc) is 3.28. The lowest BCUT2D eigenvalue weighted by atomic mass is 10.1. The third-order valence-electron chi connectivity index (χ3n) is 4.19. The minimum atomic E-state index is -0.596. The van der Waals surface area contributed by atoms with Crippen molar-refractivity contribution >= 4 is 29.3 Å². The van der Waals surface area contributed by atoms with E-state index in [0.29, 0.717) is 5.56 Å². The zero-order chi connectivity index (χ0) is 21.1. The summed E-state index contributed by atoms with van der Waals surface area (Å²) in [5.41, 5.74) is 4.31. The number of non-ortho nitro benzene ring substituents is 1. The molecule has 0 radical (unpaired) electrons. The molecule has 0 spiro atoms. The maximum absolute atomic E-state index is 12.4. The van der Waals surface area contributed by atoms with Gasteiger partial charge < -0.3 is 4.42 Å². The first-order valence-electron chi connectivity index (χ1n) is 8.42. The molecule has 1 amide bonds. The number of amides is 1. The number of rotatable bonds is 5. The van der Waals surface area contributed by atoms with Crippen molar-refractivity contribution in [3.05, 3.63) is 80.3 Å². The Morgan fingerprint density at radius 3 is 2.55 bits per heavy atom. The molecule has 0 fully saturated rings. The maximum Gasteiger partial charge on any atom is 0.280 e. The van der Waals surface area contributed by atoms with Crippen molar-refractivity contribution in [1.29, 1.82) is 5.26 Å². The molecular weight excluding hydrogens is 396 g/mol. The average molecular weight is 411 g/mol. The minimum absolute atomic E-state index is 0.132. The summed E-state index contributed by atoms with van der Waals surface area (Å²) in [6.45, 7) is 3.65. The van der Waals surface area contributed by atoms with Crippen molar-refractivity contribution in [3.8, 4) is 17.4 Å². The van der Waals surface area contributed by atoms with Crippen LogP contribution in [0.4, 0.5) is 5.69 Å². The second-order valence-electron chi connectivity index (χ2n) is 6.19. The summed E-state index contributed by atoms with van der Waals surface area (Å²) >= 11 is 6.12. The molecule has 0 unspecified atom stereocenters. The molecule has 0 aliphatic carbocycles. The minimum Gasteiger partial charge on any atom is -0.457 e. The lowest BCUT2D eigenvalue weighted by molar-refractivity contribution is -0.384. The molecule has 1 N–H and O–H groups in total. The van der Waals surface area contributed by atoms with Crippen LogP contribution in [0.3, 0.4) is 0 Å². The number of halogens is 1. The summed E-state index contributed by atoms with van der Waals surface area (Å²) in [5, 5.41) is 20.6. The van der Waals surface area contributed by atoms with Gasteiger partial charge in [0.25, 0.3) is 11.6 Å². The van der Waals surface area contributed by atoms with Crippen LogP contribution in [-0.4, -0.2) is 15.5 Å². The van der Waals surface area contributed by atoms with E-state index in [1.165, 1.54) is 24.3 Å². The largest absolute Gasteiger partial charge is 0.457 e. The second-order valence-corrected chi connectivity index (χ2v) is 6.59. The normalized spacial score (nSPS) is 11.2. The molecule has 0 aliphatic rings. The van der Waals surface area contributed by atoms with Crippen LogP contribution in [0.25, 0.3) is 17.4 Å². The molecule has 3 rings (SSSR count). The first kappa shape index (κ1) is 19.9. The van der Waals surface area contributed by atoms with Gasteiger partial charge in [-0.05, 0) is 44.2 Å². The van der Waals surface area contributed by atoms with Crippen LogP contribution in [-0.2, 0) is 4.79 Å². The van der Waals surface area contributed by atoms with Crippen LogP contribution in [0.1, 0.15) is 17.1 Å². The van der Waals surface area contributed by atoms with E-state index >= 15 is 0 Å². The number of nitriles is 1. The number of furan rings is 1. The fourth-order valence-electron chi connectivity index (χ4n) is 2.69. The molecule has 2 heterocycles. The zero-order valence-electron chi connectivity index (χ0n) is 15.5. The molecule has 0 atom stereocenters. The van der Waals surface area contributed by atoms with Crippen LogP contribution in [0.2, 0.25) is 5.02 Å². The predicted molar refractivity (Wildman–Crippen MR) is 108 cm³/mol. The lowest BCUT2D eigenvalue weighted by Gasteiger charge is -2.10. The molecule has 0 saturated heterocycles. The van der Waals surface area contributed by atoms with E-state index in [1.807, 2.05) is 32.0 Å². The fraction of sp³-hybridized carbons (Fsp3) is 0.100. The van der Waals surface area contributed by atoms with Crippen molar-refractivity contribution in [1.82, 2.24) is 4.68 Å². The van der Waals surface area contributed by atoms with Gasteiger partial charge in [-0.1, -0.05) is 11.6 Å². The van der Waals surface area contributed by atoms with Crippen LogP contribution in [0.5, 0.6) is 0 Å². The Morgan fingerprint density at radius 1 is 1.24 bits per heavy atom. The summed E-state index contributed by atoms with van der Waals surface area (Å²) < 4.78 is 7.20. The Bertz CT molecular complexity index is 1160. The van der Waals surface area contributed by atoms with Gasteiger partial charge in [-0.25, -0.2) is 0 Å². The van der Waals surface area contributed by atoms with E-state index < -0.39 is 10.8 Å². The highest BCUT2D eigenvalue weighted by molar-refractivity contribution is 6.33. The topological polar surface area (TPSA) is 114 Å². The molecule has 146 valence electrons. The third-order valence-corrected chi connectivity index (χ3v) is 4.52. The quantitative estimate of drug-likeness (QED) is 0.285. The number of nitrogens with one attached hydrogen (secondary N) is 1. The molecular formula is C20H15ClN4O4. The van der Waals surface area contributed by atoms with Gasteiger partial charge >= 0.3 is 0 Å². The van der Waals surface area contributed by atoms with Gasteiger partial charge in [0.2, 0.25) is 0 Å². The summed E-state index contributed by atoms with van der Waals surface area (Å²) in [4.78, 5) is 22.9. The molecule has 3 aromatic rings. The predicted octanol–water partition coefficient (Wildman–Crippen LogP) is 4.60. The van der Waals surface area contributed by atoms with Gasteiger partial charge in [0, 0.05) is 35.2 Å². The van der Waals surface area contributed by atoms with Gasteiger partial charge in [-0.15, -0.1) is 0 Å². The Kier molecular flexibility index (Phi) is 5.52. The Balaban J connectivity index is 1.88. The molecule has 8 nitrogen and oxygen atoms in total. The number of aryl methyl sites for hydroxylation is 2. The van der Waals surface area contributed by atoms with Crippen LogP contribution < -0.4 is 5.43 Å². The monoisotopic (exact) mass is 410 g/mol. The van der Waals surface area contributed by atoms with E-state index in [9.17, 15) is 20.2 Å². The van der Waals surface area contributed by atoms with E-state index in [4.69, 9.17) is 16.0 Å². The fourth-order valence-corrected chi connectivity index (χ4v) is 2.90.